The van der Waals surface area contributed by atoms with E-state index in [0.29, 0.717) is 12.6 Å². The number of nitrogens with one attached hydrogen (secondary N) is 1. The number of aliphatic carboxylic acids is 1. The van der Waals surface area contributed by atoms with Crippen molar-refractivity contribution in [2.24, 2.45) is 0 Å². The van der Waals surface area contributed by atoms with Crippen molar-refractivity contribution in [1.82, 2.24) is 10.2 Å². The number of nitrogens with zero attached hydrogens (tertiary/aromatic N) is 1. The molecule has 2 N–H and O–H groups in total. The molecule has 20 heavy (non-hydrogen) atoms. The van der Waals surface area contributed by atoms with Crippen LogP contribution in [0.1, 0.15) is 24.8 Å². The van der Waals surface area contributed by atoms with Gasteiger partial charge in [-0.2, -0.15) is 0 Å². The van der Waals surface area contributed by atoms with Crippen LogP contribution in [0, 0.1) is 5.82 Å². The maximum absolute atomic E-state index is 12.8. The molecule has 1 fully saturated rings. The average Bonchev–Trinajstić information content (AvgIpc) is 2.43. The first-order chi connectivity index (χ1) is 9.63. The van der Waals surface area contributed by atoms with Gasteiger partial charge in [0.25, 0.3) is 0 Å². The molecular formula is C15H21FN2O2. The van der Waals surface area contributed by atoms with Crippen LogP contribution in [0.5, 0.6) is 0 Å². The number of hydrogen-bond donors (Lipinski definition) is 2. The molecule has 0 bridgehead atoms. The van der Waals surface area contributed by atoms with Crippen LogP contribution in [0.4, 0.5) is 4.39 Å². The molecule has 4 nitrogen and oxygen atoms in total. The van der Waals surface area contributed by atoms with E-state index in [4.69, 9.17) is 5.11 Å². The van der Waals surface area contributed by atoms with Gasteiger partial charge in [-0.05, 0) is 43.6 Å². The number of hydrogen-bond acceptors (Lipinski definition) is 3. The van der Waals surface area contributed by atoms with E-state index >= 15 is 0 Å². The van der Waals surface area contributed by atoms with E-state index in [0.717, 1.165) is 38.0 Å². The van der Waals surface area contributed by atoms with Crippen molar-refractivity contribution in [3.8, 4) is 0 Å². The van der Waals surface area contributed by atoms with Gasteiger partial charge in [0, 0.05) is 19.1 Å². The summed E-state index contributed by atoms with van der Waals surface area (Å²) in [7, 11) is 0. The molecule has 5 heteroatoms. The molecule has 1 aromatic carbocycles. The molecular weight excluding hydrogens is 259 g/mol. The summed E-state index contributed by atoms with van der Waals surface area (Å²) in [5.41, 5.74) is 1.13. The third kappa shape index (κ3) is 4.90. The summed E-state index contributed by atoms with van der Waals surface area (Å²) in [5, 5.41) is 11.9. The molecule has 0 amide bonds. The lowest BCUT2D eigenvalue weighted by atomic mass is 10.0. The second kappa shape index (κ2) is 7.36. The number of benzene rings is 1. The molecule has 110 valence electrons. The first-order valence-corrected chi connectivity index (χ1v) is 7.05. The maximum atomic E-state index is 12.8. The Balaban J connectivity index is 1.68. The SMILES string of the molecule is O=C(O)CCNC1CCN(Cc2ccc(F)cc2)CC1. The van der Waals surface area contributed by atoms with Crippen molar-refractivity contribution in [2.45, 2.75) is 31.8 Å². The van der Waals surface area contributed by atoms with Gasteiger partial charge < -0.3 is 10.4 Å². The number of carbonyl (C=O) groups is 1. The van der Waals surface area contributed by atoms with Crippen LogP contribution in [0.15, 0.2) is 24.3 Å². The fourth-order valence-electron chi connectivity index (χ4n) is 2.53. The number of halogens is 1. The summed E-state index contributed by atoms with van der Waals surface area (Å²) in [5.74, 6) is -0.957. The molecule has 0 radical (unpaired) electrons. The van der Waals surface area contributed by atoms with Crippen molar-refractivity contribution in [3.63, 3.8) is 0 Å². The Hall–Kier alpha value is -1.46. The Kier molecular flexibility index (Phi) is 5.49. The van der Waals surface area contributed by atoms with E-state index in [1.165, 1.54) is 12.1 Å². The normalized spacial score (nSPS) is 17.2. The highest BCUT2D eigenvalue weighted by molar-refractivity contribution is 5.66. The summed E-state index contributed by atoms with van der Waals surface area (Å²) in [4.78, 5) is 12.8. The standard InChI is InChI=1S/C15H21FN2O2/c16-13-3-1-12(2-4-13)11-18-9-6-14(7-10-18)17-8-5-15(19)20/h1-4,14,17H,5-11H2,(H,19,20). The summed E-state index contributed by atoms with van der Waals surface area (Å²) in [6.07, 6.45) is 2.23. The van der Waals surface area contributed by atoms with Crippen LogP contribution < -0.4 is 5.32 Å². The summed E-state index contributed by atoms with van der Waals surface area (Å²) in [6, 6.07) is 7.06. The average molecular weight is 280 g/mol. The van der Waals surface area contributed by atoms with Gasteiger partial charge in [0.1, 0.15) is 5.82 Å². The topological polar surface area (TPSA) is 52.6 Å². The Morgan fingerprint density at radius 1 is 1.30 bits per heavy atom. The largest absolute Gasteiger partial charge is 0.481 e. The van der Waals surface area contributed by atoms with Gasteiger partial charge in [0.15, 0.2) is 0 Å². The van der Waals surface area contributed by atoms with E-state index in [2.05, 4.69) is 10.2 Å². The van der Waals surface area contributed by atoms with Crippen LogP contribution >= 0.6 is 0 Å². The first-order valence-electron chi connectivity index (χ1n) is 7.05. The van der Waals surface area contributed by atoms with Crippen molar-refractivity contribution < 1.29 is 14.3 Å². The zero-order valence-corrected chi connectivity index (χ0v) is 11.5. The van der Waals surface area contributed by atoms with E-state index in [9.17, 15) is 9.18 Å². The molecule has 0 spiro atoms. The van der Waals surface area contributed by atoms with Gasteiger partial charge in [0.05, 0.1) is 6.42 Å². The van der Waals surface area contributed by atoms with Gasteiger partial charge in [0.2, 0.25) is 0 Å². The lowest BCUT2D eigenvalue weighted by Gasteiger charge is -2.32. The van der Waals surface area contributed by atoms with E-state index < -0.39 is 5.97 Å². The van der Waals surface area contributed by atoms with Crippen LogP contribution in [0.25, 0.3) is 0 Å². The highest BCUT2D eigenvalue weighted by Gasteiger charge is 2.18. The van der Waals surface area contributed by atoms with Crippen LogP contribution in [0.3, 0.4) is 0 Å². The van der Waals surface area contributed by atoms with Crippen molar-refractivity contribution in [1.29, 1.82) is 0 Å². The molecule has 0 unspecified atom stereocenters. The Labute approximate surface area is 118 Å². The second-order valence-corrected chi connectivity index (χ2v) is 5.27. The Morgan fingerprint density at radius 2 is 1.95 bits per heavy atom. The van der Waals surface area contributed by atoms with E-state index in [1.807, 2.05) is 12.1 Å². The highest BCUT2D eigenvalue weighted by atomic mass is 19.1. The van der Waals surface area contributed by atoms with Crippen LogP contribution in [0.2, 0.25) is 0 Å². The predicted molar refractivity (Wildman–Crippen MR) is 75.0 cm³/mol. The monoisotopic (exact) mass is 280 g/mol. The third-order valence-electron chi connectivity index (χ3n) is 3.68. The van der Waals surface area contributed by atoms with Gasteiger partial charge >= 0.3 is 5.97 Å². The lowest BCUT2D eigenvalue weighted by molar-refractivity contribution is -0.136. The Bertz CT molecular complexity index is 428. The summed E-state index contributed by atoms with van der Waals surface area (Å²) < 4.78 is 12.8. The Morgan fingerprint density at radius 3 is 2.55 bits per heavy atom. The van der Waals surface area contributed by atoms with Crippen molar-refractivity contribution in [3.05, 3.63) is 35.6 Å². The predicted octanol–water partition coefficient (Wildman–Crippen LogP) is 1.85. The van der Waals surface area contributed by atoms with Gasteiger partial charge in [-0.3, -0.25) is 9.69 Å². The van der Waals surface area contributed by atoms with Crippen molar-refractivity contribution >= 4 is 5.97 Å². The van der Waals surface area contributed by atoms with E-state index in [1.54, 1.807) is 0 Å². The van der Waals surface area contributed by atoms with E-state index in [-0.39, 0.29) is 12.2 Å². The minimum Gasteiger partial charge on any atom is -0.481 e. The minimum atomic E-state index is -0.758. The number of carboxylic acids is 1. The number of rotatable bonds is 6. The molecule has 0 atom stereocenters. The minimum absolute atomic E-state index is 0.176. The molecule has 1 heterocycles. The maximum Gasteiger partial charge on any atom is 0.304 e. The molecule has 0 aromatic heterocycles. The second-order valence-electron chi connectivity index (χ2n) is 5.27. The molecule has 1 aliphatic heterocycles. The quantitative estimate of drug-likeness (QED) is 0.835. The summed E-state index contributed by atoms with van der Waals surface area (Å²) >= 11 is 0. The third-order valence-corrected chi connectivity index (χ3v) is 3.68. The molecule has 0 saturated carbocycles. The van der Waals surface area contributed by atoms with Crippen LogP contribution in [-0.4, -0.2) is 41.7 Å². The molecule has 0 aliphatic carbocycles. The smallest absolute Gasteiger partial charge is 0.304 e. The van der Waals surface area contributed by atoms with Gasteiger partial charge in [-0.15, -0.1) is 0 Å². The molecule has 1 aromatic rings. The zero-order chi connectivity index (χ0) is 14.4. The number of piperidine rings is 1. The van der Waals surface area contributed by atoms with Crippen molar-refractivity contribution in [2.75, 3.05) is 19.6 Å². The lowest BCUT2D eigenvalue weighted by Crippen LogP contribution is -2.42. The first kappa shape index (κ1) is 14.9. The molecule has 2 rings (SSSR count). The molecule has 1 saturated heterocycles. The zero-order valence-electron chi connectivity index (χ0n) is 11.5. The van der Waals surface area contributed by atoms with Gasteiger partial charge in [-0.1, -0.05) is 12.1 Å². The van der Waals surface area contributed by atoms with Gasteiger partial charge in [-0.25, -0.2) is 4.39 Å². The number of carboxylic acid groups (broad SMARTS) is 1. The summed E-state index contributed by atoms with van der Waals surface area (Å²) in [6.45, 7) is 3.37. The highest BCUT2D eigenvalue weighted by Crippen LogP contribution is 2.14. The fourth-order valence-corrected chi connectivity index (χ4v) is 2.53. The fraction of sp³-hybridized carbons (Fsp3) is 0.533. The number of likely N-dealkylation sites (tertiary alicyclic amines) is 1. The van der Waals surface area contributed by atoms with Crippen LogP contribution in [-0.2, 0) is 11.3 Å². The molecule has 1 aliphatic rings.